The van der Waals surface area contributed by atoms with Crippen molar-refractivity contribution < 1.29 is 14.3 Å². The molecule has 8 heteroatoms. The predicted octanol–water partition coefficient (Wildman–Crippen LogP) is 1.52. The number of nitrogens with one attached hydrogen (secondary N) is 1. The first-order valence-electron chi connectivity index (χ1n) is 6.77. The highest BCUT2D eigenvalue weighted by Gasteiger charge is 2.14. The zero-order valence-electron chi connectivity index (χ0n) is 12.3. The number of carbonyl (C=O) groups is 2. The number of primary amides is 1. The quantitative estimate of drug-likeness (QED) is 0.741. The van der Waals surface area contributed by atoms with Crippen molar-refractivity contribution in [3.05, 3.63) is 47.0 Å². The highest BCUT2D eigenvalue weighted by Crippen LogP contribution is 2.24. The SMILES string of the molecule is COc1ccccc1CC(=O)Nn1ncc2cc(C(N)=O)sc21. The first kappa shape index (κ1) is 15.0. The van der Waals surface area contributed by atoms with E-state index in [1.165, 1.54) is 16.1 Å². The minimum atomic E-state index is -0.502. The Balaban J connectivity index is 1.79. The summed E-state index contributed by atoms with van der Waals surface area (Å²) in [6.07, 6.45) is 1.72. The van der Waals surface area contributed by atoms with Gasteiger partial charge in [-0.25, -0.2) is 5.43 Å². The van der Waals surface area contributed by atoms with E-state index in [2.05, 4.69) is 10.5 Å². The molecule has 0 aliphatic carbocycles. The summed E-state index contributed by atoms with van der Waals surface area (Å²) in [5.41, 5.74) is 8.73. The summed E-state index contributed by atoms with van der Waals surface area (Å²) in [4.78, 5) is 25.9. The zero-order chi connectivity index (χ0) is 16.4. The molecule has 118 valence electrons. The van der Waals surface area contributed by atoms with E-state index in [-0.39, 0.29) is 12.3 Å². The highest BCUT2D eigenvalue weighted by atomic mass is 32.1. The molecule has 23 heavy (non-hydrogen) atoms. The largest absolute Gasteiger partial charge is 0.496 e. The average Bonchev–Trinajstić information content (AvgIpc) is 3.10. The summed E-state index contributed by atoms with van der Waals surface area (Å²) < 4.78 is 5.23. The van der Waals surface area contributed by atoms with Crippen molar-refractivity contribution in [3.8, 4) is 5.75 Å². The van der Waals surface area contributed by atoms with Crippen molar-refractivity contribution in [2.45, 2.75) is 6.42 Å². The number of para-hydroxylation sites is 1. The van der Waals surface area contributed by atoms with Gasteiger partial charge < -0.3 is 10.5 Å². The van der Waals surface area contributed by atoms with Gasteiger partial charge in [-0.15, -0.1) is 11.3 Å². The average molecular weight is 330 g/mol. The van der Waals surface area contributed by atoms with Gasteiger partial charge in [0.1, 0.15) is 10.6 Å². The molecular formula is C15H14N4O3S. The number of aromatic nitrogens is 2. The Morgan fingerprint density at radius 2 is 2.17 bits per heavy atom. The van der Waals surface area contributed by atoms with Gasteiger partial charge >= 0.3 is 0 Å². The number of rotatable bonds is 5. The van der Waals surface area contributed by atoms with Crippen LogP contribution in [0.5, 0.6) is 5.75 Å². The number of amides is 2. The lowest BCUT2D eigenvalue weighted by atomic mass is 10.1. The number of carbonyl (C=O) groups excluding carboxylic acids is 2. The van der Waals surface area contributed by atoms with Crippen molar-refractivity contribution in [2.75, 3.05) is 12.5 Å². The minimum Gasteiger partial charge on any atom is -0.496 e. The first-order valence-corrected chi connectivity index (χ1v) is 7.59. The van der Waals surface area contributed by atoms with E-state index >= 15 is 0 Å². The van der Waals surface area contributed by atoms with Gasteiger partial charge in [-0.1, -0.05) is 18.2 Å². The van der Waals surface area contributed by atoms with Crippen molar-refractivity contribution in [2.24, 2.45) is 5.73 Å². The third kappa shape index (κ3) is 3.02. The smallest absolute Gasteiger partial charge is 0.258 e. The second-order valence-corrected chi connectivity index (χ2v) is 5.85. The van der Waals surface area contributed by atoms with Gasteiger partial charge in [0, 0.05) is 10.9 Å². The number of methoxy groups -OCH3 is 1. The van der Waals surface area contributed by atoms with Gasteiger partial charge in [0.15, 0.2) is 0 Å². The molecule has 2 amide bonds. The fraction of sp³-hybridized carbons (Fsp3) is 0.133. The Morgan fingerprint density at radius 3 is 2.91 bits per heavy atom. The molecule has 0 saturated heterocycles. The van der Waals surface area contributed by atoms with E-state index in [0.717, 1.165) is 10.9 Å². The van der Waals surface area contributed by atoms with Crippen LogP contribution in [0.25, 0.3) is 10.2 Å². The lowest BCUT2D eigenvalue weighted by Crippen LogP contribution is -2.25. The van der Waals surface area contributed by atoms with Crippen LogP contribution in [0, 0.1) is 0 Å². The molecule has 2 heterocycles. The Bertz CT molecular complexity index is 884. The number of hydrogen-bond donors (Lipinski definition) is 2. The summed E-state index contributed by atoms with van der Waals surface area (Å²) in [7, 11) is 1.56. The summed E-state index contributed by atoms with van der Waals surface area (Å²) >= 11 is 1.18. The molecule has 0 saturated carbocycles. The van der Waals surface area contributed by atoms with E-state index in [4.69, 9.17) is 10.5 Å². The van der Waals surface area contributed by atoms with Gasteiger partial charge in [-0.3, -0.25) is 9.59 Å². The molecule has 0 aliphatic rings. The topological polar surface area (TPSA) is 99.2 Å². The molecule has 0 unspecified atom stereocenters. The predicted molar refractivity (Wildman–Crippen MR) is 87.2 cm³/mol. The highest BCUT2D eigenvalue weighted by molar-refractivity contribution is 7.20. The van der Waals surface area contributed by atoms with E-state index in [1.54, 1.807) is 25.4 Å². The Labute approximate surface area is 135 Å². The third-order valence-electron chi connectivity index (χ3n) is 3.26. The molecule has 3 rings (SSSR count). The molecular weight excluding hydrogens is 316 g/mol. The fourth-order valence-electron chi connectivity index (χ4n) is 2.21. The summed E-state index contributed by atoms with van der Waals surface area (Å²) in [5, 5.41) is 4.84. The standard InChI is InChI=1S/C15H14N4O3S/c1-22-11-5-3-2-4-9(11)7-13(20)18-19-15-10(8-17-19)6-12(23-15)14(16)21/h2-6,8H,7H2,1H3,(H2,16,21)(H,18,20). The molecule has 0 spiro atoms. The van der Waals surface area contributed by atoms with Gasteiger partial charge in [-0.2, -0.15) is 9.89 Å². The van der Waals surface area contributed by atoms with Crippen molar-refractivity contribution in [1.29, 1.82) is 0 Å². The maximum Gasteiger partial charge on any atom is 0.258 e. The second kappa shape index (κ2) is 6.09. The molecule has 2 aromatic heterocycles. The molecule has 0 aliphatic heterocycles. The molecule has 0 radical (unpaired) electrons. The number of benzene rings is 1. The maximum atomic E-state index is 12.2. The number of nitrogens with zero attached hydrogens (tertiary/aromatic N) is 2. The summed E-state index contributed by atoms with van der Waals surface area (Å²) in [6.45, 7) is 0. The minimum absolute atomic E-state index is 0.152. The van der Waals surface area contributed by atoms with Gasteiger partial charge in [0.25, 0.3) is 5.91 Å². The number of thiophene rings is 1. The van der Waals surface area contributed by atoms with Crippen LogP contribution in [0.2, 0.25) is 0 Å². The van der Waals surface area contributed by atoms with E-state index in [1.807, 2.05) is 18.2 Å². The van der Waals surface area contributed by atoms with Crippen LogP contribution in [-0.2, 0) is 11.2 Å². The molecule has 3 N–H and O–H groups in total. The Hall–Kier alpha value is -2.87. The molecule has 0 bridgehead atoms. The molecule has 7 nitrogen and oxygen atoms in total. The fourth-order valence-corrected chi connectivity index (χ4v) is 3.11. The maximum absolute atomic E-state index is 12.2. The number of nitrogens with two attached hydrogens (primary N) is 1. The Kier molecular flexibility index (Phi) is 3.98. The van der Waals surface area contributed by atoms with Crippen LogP contribution in [0.15, 0.2) is 36.5 Å². The van der Waals surface area contributed by atoms with Gasteiger partial charge in [0.2, 0.25) is 5.91 Å². The van der Waals surface area contributed by atoms with Crippen LogP contribution in [0.1, 0.15) is 15.2 Å². The van der Waals surface area contributed by atoms with E-state index in [0.29, 0.717) is 15.5 Å². The lowest BCUT2D eigenvalue weighted by molar-refractivity contribution is -0.116. The van der Waals surface area contributed by atoms with Crippen LogP contribution in [0.4, 0.5) is 0 Å². The molecule has 3 aromatic rings. The van der Waals surface area contributed by atoms with Gasteiger partial charge in [0.05, 0.1) is 24.6 Å². The number of fused-ring (bicyclic) bond motifs is 1. The lowest BCUT2D eigenvalue weighted by Gasteiger charge is -2.08. The summed E-state index contributed by atoms with van der Waals surface area (Å²) in [6, 6.07) is 8.96. The van der Waals surface area contributed by atoms with Crippen LogP contribution >= 0.6 is 11.3 Å². The number of ether oxygens (including phenoxy) is 1. The van der Waals surface area contributed by atoms with Crippen molar-refractivity contribution >= 4 is 33.4 Å². The van der Waals surface area contributed by atoms with Gasteiger partial charge in [-0.05, 0) is 12.1 Å². The van der Waals surface area contributed by atoms with Crippen LogP contribution < -0.4 is 15.9 Å². The molecule has 1 aromatic carbocycles. The molecule has 0 atom stereocenters. The zero-order valence-corrected chi connectivity index (χ0v) is 13.1. The van der Waals surface area contributed by atoms with Crippen LogP contribution in [0.3, 0.4) is 0 Å². The molecule has 0 fully saturated rings. The monoisotopic (exact) mass is 330 g/mol. The van der Waals surface area contributed by atoms with E-state index in [9.17, 15) is 9.59 Å². The normalized spacial score (nSPS) is 10.7. The first-order chi connectivity index (χ1) is 11.1. The third-order valence-corrected chi connectivity index (χ3v) is 4.40. The second-order valence-electron chi connectivity index (χ2n) is 4.82. The number of hydrogen-bond acceptors (Lipinski definition) is 5. The van der Waals surface area contributed by atoms with Crippen molar-refractivity contribution in [1.82, 2.24) is 9.89 Å². The van der Waals surface area contributed by atoms with Crippen LogP contribution in [-0.4, -0.2) is 28.8 Å². The van der Waals surface area contributed by atoms with E-state index < -0.39 is 5.91 Å². The summed E-state index contributed by atoms with van der Waals surface area (Å²) in [5.74, 6) is -0.0907. The van der Waals surface area contributed by atoms with Crippen molar-refractivity contribution in [3.63, 3.8) is 0 Å². The Morgan fingerprint density at radius 1 is 1.39 bits per heavy atom.